The molecule has 31 heavy (non-hydrogen) atoms. The molecule has 5 rings (SSSR count). The van der Waals surface area contributed by atoms with Gasteiger partial charge in [-0.25, -0.2) is 9.55 Å². The second-order valence-corrected chi connectivity index (χ2v) is 8.76. The molecule has 5 aromatic rings. The Balaban J connectivity index is 1.77. The van der Waals surface area contributed by atoms with E-state index < -0.39 is 0 Å². The Hall–Kier alpha value is -3.46. The van der Waals surface area contributed by atoms with Crippen LogP contribution in [0.25, 0.3) is 44.5 Å². The Bertz CT molecular complexity index is 1440. The molecule has 3 nitrogen and oxygen atoms in total. The lowest BCUT2D eigenvalue weighted by molar-refractivity contribution is -0.660. The van der Waals surface area contributed by atoms with Crippen LogP contribution in [0.4, 0.5) is 0 Å². The normalized spacial score (nSPS) is 11.7. The number of hydrogen-bond acceptors (Lipinski definition) is 2. The van der Waals surface area contributed by atoms with Gasteiger partial charge in [0.25, 0.3) is 0 Å². The molecule has 3 aromatic heterocycles. The van der Waals surface area contributed by atoms with Gasteiger partial charge >= 0.3 is 0 Å². The summed E-state index contributed by atoms with van der Waals surface area (Å²) in [7, 11) is 2.09. The van der Waals surface area contributed by atoms with Gasteiger partial charge in [-0.05, 0) is 48.6 Å². The minimum absolute atomic E-state index is 0.364. The lowest BCUT2D eigenvalue weighted by Gasteiger charge is -2.08. The highest BCUT2D eigenvalue weighted by atomic mass is 16.3. The Kier molecular flexibility index (Phi) is 4.62. The van der Waals surface area contributed by atoms with E-state index in [0.29, 0.717) is 11.6 Å². The summed E-state index contributed by atoms with van der Waals surface area (Å²) in [4.78, 5) is 4.80. The summed E-state index contributed by atoms with van der Waals surface area (Å²) in [6, 6.07) is 21.7. The third kappa shape index (κ3) is 3.31. The van der Waals surface area contributed by atoms with E-state index in [1.165, 1.54) is 22.3 Å². The van der Waals surface area contributed by atoms with Gasteiger partial charge in [-0.3, -0.25) is 0 Å². The molecule has 154 valence electrons. The molecule has 0 radical (unpaired) electrons. The number of aryl methyl sites for hydroxylation is 3. The monoisotopic (exact) mass is 407 g/mol. The van der Waals surface area contributed by atoms with E-state index in [1.54, 1.807) is 0 Å². The first-order chi connectivity index (χ1) is 14.9. The van der Waals surface area contributed by atoms with Crippen LogP contribution in [0, 0.1) is 13.8 Å². The maximum atomic E-state index is 6.40. The van der Waals surface area contributed by atoms with Crippen molar-refractivity contribution in [3.8, 4) is 22.4 Å². The van der Waals surface area contributed by atoms with Crippen molar-refractivity contribution in [1.29, 1.82) is 0 Å². The Morgan fingerprint density at radius 3 is 2.42 bits per heavy atom. The molecule has 2 aromatic carbocycles. The van der Waals surface area contributed by atoms with Crippen molar-refractivity contribution in [1.82, 2.24) is 4.98 Å². The Morgan fingerprint density at radius 1 is 0.871 bits per heavy atom. The van der Waals surface area contributed by atoms with Crippen molar-refractivity contribution in [3.05, 3.63) is 83.7 Å². The van der Waals surface area contributed by atoms with Gasteiger partial charge in [-0.2, -0.15) is 0 Å². The fourth-order valence-corrected chi connectivity index (χ4v) is 4.30. The van der Waals surface area contributed by atoms with Crippen LogP contribution in [0.15, 0.2) is 71.3 Å². The summed E-state index contributed by atoms with van der Waals surface area (Å²) in [5, 5.41) is 2.18. The number of hydrogen-bond donors (Lipinski definition) is 0. The number of rotatable bonds is 3. The molecule has 0 aliphatic heterocycles. The fraction of sp³-hybridized carbons (Fsp3) is 0.214. The van der Waals surface area contributed by atoms with Crippen LogP contribution < -0.4 is 4.57 Å². The summed E-state index contributed by atoms with van der Waals surface area (Å²) in [5.74, 6) is 0.364. The third-order valence-electron chi connectivity index (χ3n) is 6.09. The summed E-state index contributed by atoms with van der Waals surface area (Å²) < 4.78 is 8.57. The molecule has 0 N–H and O–H groups in total. The lowest BCUT2D eigenvalue weighted by atomic mass is 9.97. The molecule has 0 spiro atoms. The lowest BCUT2D eigenvalue weighted by Crippen LogP contribution is -2.30. The first-order valence-corrected chi connectivity index (χ1v) is 10.8. The zero-order valence-electron chi connectivity index (χ0n) is 18.7. The highest BCUT2D eigenvalue weighted by Crippen LogP contribution is 2.37. The number of furan rings is 1. The highest BCUT2D eigenvalue weighted by Gasteiger charge is 2.22. The fourth-order valence-electron chi connectivity index (χ4n) is 4.30. The molecule has 0 bridgehead atoms. The van der Waals surface area contributed by atoms with Crippen LogP contribution in [0.5, 0.6) is 0 Å². The van der Waals surface area contributed by atoms with Crippen LogP contribution in [0.2, 0.25) is 0 Å². The van der Waals surface area contributed by atoms with Gasteiger partial charge in [-0.15, -0.1) is 0 Å². The molecule has 0 fully saturated rings. The van der Waals surface area contributed by atoms with E-state index in [2.05, 4.69) is 106 Å². The van der Waals surface area contributed by atoms with Gasteiger partial charge < -0.3 is 4.42 Å². The van der Waals surface area contributed by atoms with Crippen LogP contribution in [-0.2, 0) is 7.05 Å². The molecule has 0 amide bonds. The maximum absolute atomic E-state index is 6.40. The zero-order chi connectivity index (χ0) is 21.7. The summed E-state index contributed by atoms with van der Waals surface area (Å²) in [6.45, 7) is 8.59. The van der Waals surface area contributed by atoms with Crippen molar-refractivity contribution in [3.63, 3.8) is 0 Å². The predicted molar refractivity (Wildman–Crippen MR) is 127 cm³/mol. The minimum Gasteiger partial charge on any atom is -0.437 e. The number of aromatic nitrogens is 2. The number of benzene rings is 2. The van der Waals surface area contributed by atoms with Crippen LogP contribution >= 0.6 is 0 Å². The molecule has 0 saturated carbocycles. The van der Waals surface area contributed by atoms with Crippen molar-refractivity contribution >= 4 is 22.1 Å². The van der Waals surface area contributed by atoms with Crippen molar-refractivity contribution < 1.29 is 8.98 Å². The topological polar surface area (TPSA) is 29.9 Å². The number of pyridine rings is 2. The molecule has 0 atom stereocenters. The van der Waals surface area contributed by atoms with Gasteiger partial charge in [0.05, 0.1) is 5.56 Å². The van der Waals surface area contributed by atoms with E-state index in [-0.39, 0.29) is 0 Å². The van der Waals surface area contributed by atoms with E-state index in [1.807, 2.05) is 0 Å². The second kappa shape index (κ2) is 7.35. The second-order valence-electron chi connectivity index (χ2n) is 8.76. The maximum Gasteiger partial charge on any atom is 0.227 e. The SMILES string of the molecule is Cc1cccc(-c2cc[n+](C)c(-c3c(C)ccc4c3oc3nc(C(C)C)ccc34)c2)c1. The smallest absolute Gasteiger partial charge is 0.227 e. The highest BCUT2D eigenvalue weighted by molar-refractivity contribution is 6.08. The molecular formula is C28H27N2O+. The molecule has 0 aliphatic rings. The van der Waals surface area contributed by atoms with Crippen molar-refractivity contribution in [2.24, 2.45) is 7.05 Å². The van der Waals surface area contributed by atoms with Gasteiger partial charge in [0.2, 0.25) is 11.4 Å². The average Bonchev–Trinajstić information content (AvgIpc) is 3.12. The van der Waals surface area contributed by atoms with Crippen LogP contribution in [-0.4, -0.2) is 4.98 Å². The van der Waals surface area contributed by atoms with Gasteiger partial charge in [-0.1, -0.05) is 55.8 Å². The molecule has 0 saturated heterocycles. The first-order valence-electron chi connectivity index (χ1n) is 10.8. The number of fused-ring (bicyclic) bond motifs is 3. The Morgan fingerprint density at radius 2 is 1.65 bits per heavy atom. The van der Waals surface area contributed by atoms with Gasteiger partial charge in [0.1, 0.15) is 7.05 Å². The van der Waals surface area contributed by atoms with Crippen LogP contribution in [0.3, 0.4) is 0 Å². The molecule has 0 unspecified atom stereocenters. The Labute approximate surface area is 183 Å². The largest absolute Gasteiger partial charge is 0.437 e. The molecule has 0 aliphatic carbocycles. The first kappa shape index (κ1) is 19.5. The van der Waals surface area contributed by atoms with Gasteiger partial charge in [0, 0.05) is 28.6 Å². The van der Waals surface area contributed by atoms with E-state index in [4.69, 9.17) is 9.40 Å². The number of nitrogens with zero attached hydrogens (tertiary/aromatic N) is 2. The summed E-state index contributed by atoms with van der Waals surface area (Å²) in [6.07, 6.45) is 2.13. The molecular weight excluding hydrogens is 380 g/mol. The zero-order valence-corrected chi connectivity index (χ0v) is 18.7. The van der Waals surface area contributed by atoms with E-state index >= 15 is 0 Å². The standard InChI is InChI=1S/C28H27N2O/c1-17(2)24-12-11-23-22-10-9-19(4)26(27(22)31-28(23)29-24)25-16-21(13-14-30(25)5)20-8-6-7-18(3)15-20/h6-17H,1-5H3/q+1. The van der Waals surface area contributed by atoms with Crippen molar-refractivity contribution in [2.75, 3.05) is 0 Å². The van der Waals surface area contributed by atoms with Gasteiger partial charge in [0.15, 0.2) is 11.8 Å². The minimum atomic E-state index is 0.364. The quantitative estimate of drug-likeness (QED) is 0.305. The van der Waals surface area contributed by atoms with E-state index in [9.17, 15) is 0 Å². The summed E-state index contributed by atoms with van der Waals surface area (Å²) >= 11 is 0. The van der Waals surface area contributed by atoms with E-state index in [0.717, 1.165) is 33.3 Å². The molecule has 3 heterocycles. The molecule has 3 heteroatoms. The predicted octanol–water partition coefficient (Wildman–Crippen LogP) is 6.88. The summed E-state index contributed by atoms with van der Waals surface area (Å²) in [5.41, 5.74) is 9.79. The third-order valence-corrected chi connectivity index (χ3v) is 6.09. The average molecular weight is 408 g/mol. The van der Waals surface area contributed by atoms with Crippen LogP contribution in [0.1, 0.15) is 36.6 Å². The van der Waals surface area contributed by atoms with Crippen molar-refractivity contribution in [2.45, 2.75) is 33.6 Å².